The van der Waals surface area contributed by atoms with Gasteiger partial charge in [0.15, 0.2) is 0 Å². The summed E-state index contributed by atoms with van der Waals surface area (Å²) in [7, 11) is 0. The fraction of sp³-hybridized carbons (Fsp3) is 0.367. The molecule has 0 N–H and O–H groups in total. The first kappa shape index (κ1) is 23.2. The van der Waals surface area contributed by atoms with E-state index in [0.29, 0.717) is 11.5 Å². The number of rotatable bonds is 7. The zero-order valence-electron chi connectivity index (χ0n) is 19.2. The number of benzene rings is 3. The number of aryl methyl sites for hydroxylation is 1. The summed E-state index contributed by atoms with van der Waals surface area (Å²) in [5.41, 5.74) is 3.40. The van der Waals surface area contributed by atoms with Gasteiger partial charge >= 0.3 is 0 Å². The van der Waals surface area contributed by atoms with Crippen molar-refractivity contribution in [3.63, 3.8) is 0 Å². The van der Waals surface area contributed by atoms with Crippen molar-refractivity contribution in [2.24, 2.45) is 11.8 Å². The Bertz CT molecular complexity index is 1070. The smallest absolute Gasteiger partial charge is 0.144 e. The van der Waals surface area contributed by atoms with Crippen molar-refractivity contribution in [2.45, 2.75) is 57.8 Å². The molecule has 170 valence electrons. The molecule has 0 heterocycles. The van der Waals surface area contributed by atoms with E-state index >= 15 is 0 Å². The predicted octanol–water partition coefficient (Wildman–Crippen LogP) is 8.44. The Morgan fingerprint density at radius 2 is 1.45 bits per heavy atom. The zero-order chi connectivity index (χ0) is 23.2. The standard InChI is InChI=1S/C30H31F2N/c1-21(25-5-3-2-4-6-25)17-24-11-9-22(10-12-24)7-8-23-13-15-26(16-14-23)27-18-29(31)28(20-33)30(32)19-27/h2-6,13-16,18-19,21-22,24H,7-12,17H2,1H3. The van der Waals surface area contributed by atoms with Gasteiger partial charge in [-0.15, -0.1) is 0 Å². The van der Waals surface area contributed by atoms with Crippen LogP contribution in [0, 0.1) is 34.8 Å². The van der Waals surface area contributed by atoms with E-state index in [9.17, 15) is 8.78 Å². The van der Waals surface area contributed by atoms with Gasteiger partial charge in [0.2, 0.25) is 0 Å². The van der Waals surface area contributed by atoms with Gasteiger partial charge < -0.3 is 0 Å². The Hall–Kier alpha value is -2.99. The number of halogens is 2. The quantitative estimate of drug-likeness (QED) is 0.359. The molecule has 0 spiro atoms. The van der Waals surface area contributed by atoms with E-state index in [1.54, 1.807) is 6.07 Å². The van der Waals surface area contributed by atoms with E-state index in [0.717, 1.165) is 23.8 Å². The maximum atomic E-state index is 13.9. The number of nitrogens with zero attached hydrogens (tertiary/aromatic N) is 1. The molecule has 4 rings (SSSR count). The van der Waals surface area contributed by atoms with Crippen molar-refractivity contribution in [1.82, 2.24) is 0 Å². The van der Waals surface area contributed by atoms with E-state index in [2.05, 4.69) is 49.4 Å². The summed E-state index contributed by atoms with van der Waals surface area (Å²) in [6.07, 6.45) is 8.80. The second kappa shape index (κ2) is 10.8. The van der Waals surface area contributed by atoms with E-state index in [4.69, 9.17) is 5.26 Å². The normalized spacial score (nSPS) is 19.1. The first-order chi connectivity index (χ1) is 16.0. The molecule has 0 aromatic heterocycles. The minimum atomic E-state index is -0.814. The Kier molecular flexibility index (Phi) is 7.55. The molecule has 0 amide bonds. The van der Waals surface area contributed by atoms with E-state index in [1.165, 1.54) is 61.8 Å². The first-order valence-electron chi connectivity index (χ1n) is 12.1. The maximum Gasteiger partial charge on any atom is 0.144 e. The van der Waals surface area contributed by atoms with Crippen molar-refractivity contribution >= 4 is 0 Å². The molecule has 1 saturated carbocycles. The molecule has 33 heavy (non-hydrogen) atoms. The van der Waals surface area contributed by atoms with Crippen LogP contribution < -0.4 is 0 Å². The maximum absolute atomic E-state index is 13.9. The van der Waals surface area contributed by atoms with Gasteiger partial charge in [0.05, 0.1) is 0 Å². The average Bonchev–Trinajstić information content (AvgIpc) is 2.84. The zero-order valence-corrected chi connectivity index (χ0v) is 19.2. The molecular formula is C30H31F2N. The molecule has 1 unspecified atom stereocenters. The van der Waals surface area contributed by atoms with Crippen LogP contribution in [-0.2, 0) is 6.42 Å². The summed E-state index contributed by atoms with van der Waals surface area (Å²) in [6, 6.07) is 22.8. The van der Waals surface area contributed by atoms with Gasteiger partial charge in [-0.25, -0.2) is 8.78 Å². The van der Waals surface area contributed by atoms with Gasteiger partial charge in [-0.05, 0) is 71.4 Å². The lowest BCUT2D eigenvalue weighted by atomic mass is 9.75. The van der Waals surface area contributed by atoms with Gasteiger partial charge in [0, 0.05) is 0 Å². The lowest BCUT2D eigenvalue weighted by molar-refractivity contribution is 0.245. The van der Waals surface area contributed by atoms with Crippen molar-refractivity contribution in [3.8, 4) is 17.2 Å². The molecule has 3 heteroatoms. The second-order valence-corrected chi connectivity index (χ2v) is 9.60. The summed E-state index contributed by atoms with van der Waals surface area (Å²) >= 11 is 0. The van der Waals surface area contributed by atoms with Crippen LogP contribution in [0.5, 0.6) is 0 Å². The van der Waals surface area contributed by atoms with Crippen molar-refractivity contribution in [2.75, 3.05) is 0 Å². The molecular weight excluding hydrogens is 412 g/mol. The lowest BCUT2D eigenvalue weighted by Gasteiger charge is -2.30. The Labute approximate surface area is 196 Å². The highest BCUT2D eigenvalue weighted by Crippen LogP contribution is 2.37. The van der Waals surface area contributed by atoms with Gasteiger partial charge in [-0.1, -0.05) is 87.2 Å². The SMILES string of the molecule is CC(CC1CCC(CCc2ccc(-c3cc(F)c(C#N)c(F)c3)cc2)CC1)c1ccccc1. The van der Waals surface area contributed by atoms with Crippen molar-refractivity contribution < 1.29 is 8.78 Å². The van der Waals surface area contributed by atoms with Gasteiger partial charge in [-0.2, -0.15) is 5.26 Å². The molecule has 0 bridgehead atoms. The molecule has 0 radical (unpaired) electrons. The van der Waals surface area contributed by atoms with Crippen LogP contribution in [0.1, 0.15) is 68.1 Å². The molecule has 0 aliphatic heterocycles. The summed E-state index contributed by atoms with van der Waals surface area (Å²) < 4.78 is 27.8. The predicted molar refractivity (Wildman–Crippen MR) is 130 cm³/mol. The summed E-state index contributed by atoms with van der Waals surface area (Å²) in [4.78, 5) is 0. The number of nitriles is 1. The molecule has 1 aliphatic rings. The lowest BCUT2D eigenvalue weighted by Crippen LogP contribution is -2.16. The molecule has 3 aromatic carbocycles. The van der Waals surface area contributed by atoms with Crippen molar-refractivity contribution in [1.29, 1.82) is 5.26 Å². The topological polar surface area (TPSA) is 23.8 Å². The average molecular weight is 444 g/mol. The highest BCUT2D eigenvalue weighted by Gasteiger charge is 2.23. The third-order valence-electron chi connectivity index (χ3n) is 7.30. The molecule has 3 aromatic rings. The van der Waals surface area contributed by atoms with Crippen LogP contribution in [0.2, 0.25) is 0 Å². The minimum Gasteiger partial charge on any atom is -0.205 e. The molecule has 1 aliphatic carbocycles. The molecule has 1 nitrogen and oxygen atoms in total. The van der Waals surface area contributed by atoms with E-state index < -0.39 is 17.2 Å². The van der Waals surface area contributed by atoms with Crippen LogP contribution >= 0.6 is 0 Å². The summed E-state index contributed by atoms with van der Waals surface area (Å²) in [5.74, 6) is 0.624. The first-order valence-corrected chi connectivity index (χ1v) is 12.1. The third-order valence-corrected chi connectivity index (χ3v) is 7.30. The number of hydrogen-bond donors (Lipinski definition) is 0. The van der Waals surface area contributed by atoms with Crippen LogP contribution in [-0.4, -0.2) is 0 Å². The van der Waals surface area contributed by atoms with Crippen LogP contribution in [0.3, 0.4) is 0 Å². The van der Waals surface area contributed by atoms with Crippen LogP contribution in [0.4, 0.5) is 8.78 Å². The second-order valence-electron chi connectivity index (χ2n) is 9.60. The monoisotopic (exact) mass is 443 g/mol. The fourth-order valence-corrected chi connectivity index (χ4v) is 5.25. The third kappa shape index (κ3) is 5.88. The number of hydrogen-bond acceptors (Lipinski definition) is 1. The van der Waals surface area contributed by atoms with Crippen LogP contribution in [0.15, 0.2) is 66.7 Å². The van der Waals surface area contributed by atoms with Gasteiger partial charge in [0.1, 0.15) is 23.3 Å². The van der Waals surface area contributed by atoms with Crippen LogP contribution in [0.25, 0.3) is 11.1 Å². The highest BCUT2D eigenvalue weighted by atomic mass is 19.1. The molecule has 1 fully saturated rings. The molecule has 1 atom stereocenters. The summed E-state index contributed by atoms with van der Waals surface area (Å²) in [5, 5.41) is 8.83. The minimum absolute atomic E-state index is 0.457. The van der Waals surface area contributed by atoms with Gasteiger partial charge in [-0.3, -0.25) is 0 Å². The largest absolute Gasteiger partial charge is 0.205 e. The van der Waals surface area contributed by atoms with E-state index in [-0.39, 0.29) is 0 Å². The molecule has 0 saturated heterocycles. The highest BCUT2D eigenvalue weighted by molar-refractivity contribution is 5.65. The van der Waals surface area contributed by atoms with Gasteiger partial charge in [0.25, 0.3) is 0 Å². The fourth-order valence-electron chi connectivity index (χ4n) is 5.25. The Balaban J connectivity index is 1.25. The Morgan fingerprint density at radius 1 is 0.848 bits per heavy atom. The summed E-state index contributed by atoms with van der Waals surface area (Å²) in [6.45, 7) is 2.35. The van der Waals surface area contributed by atoms with Crippen molar-refractivity contribution in [3.05, 3.63) is 95.1 Å². The van der Waals surface area contributed by atoms with E-state index in [1.807, 2.05) is 12.1 Å². The Morgan fingerprint density at radius 3 is 2.06 bits per heavy atom.